The minimum absolute atomic E-state index is 0.133. The molecule has 0 saturated heterocycles. The fraction of sp³-hybridized carbons (Fsp3) is 0.233. The maximum absolute atomic E-state index is 9.48. The minimum atomic E-state index is -0.362. The summed E-state index contributed by atoms with van der Waals surface area (Å²) in [5.74, 6) is 0.619. The van der Waals surface area contributed by atoms with Crippen molar-refractivity contribution >= 4 is 17.0 Å². The van der Waals surface area contributed by atoms with Crippen LogP contribution < -0.4 is 15.5 Å². The molecular formula is C30H24N4. The molecule has 0 bridgehead atoms. The highest BCUT2D eigenvalue weighted by Gasteiger charge is 2.55. The predicted octanol–water partition coefficient (Wildman–Crippen LogP) is 5.05. The van der Waals surface area contributed by atoms with E-state index < -0.39 is 0 Å². The van der Waals surface area contributed by atoms with Crippen LogP contribution in [0.15, 0.2) is 89.9 Å². The second-order valence-corrected chi connectivity index (χ2v) is 9.33. The second kappa shape index (κ2) is 8.01. The van der Waals surface area contributed by atoms with Gasteiger partial charge in [0.25, 0.3) is 0 Å². The van der Waals surface area contributed by atoms with Crippen molar-refractivity contribution in [2.24, 2.45) is 10.9 Å². The quantitative estimate of drug-likeness (QED) is 0.560. The molecule has 3 aromatic rings. The van der Waals surface area contributed by atoms with Gasteiger partial charge in [0.2, 0.25) is 0 Å². The highest BCUT2D eigenvalue weighted by Crippen LogP contribution is 2.55. The van der Waals surface area contributed by atoms with E-state index in [-0.39, 0.29) is 17.2 Å². The van der Waals surface area contributed by atoms with E-state index in [0.717, 1.165) is 41.6 Å². The lowest BCUT2D eigenvalue weighted by atomic mass is 9.66. The molecule has 4 heteroatoms. The van der Waals surface area contributed by atoms with Gasteiger partial charge in [-0.25, -0.2) is 0 Å². The minimum Gasteiger partial charge on any atom is -0.314 e. The molecule has 3 aromatic carbocycles. The highest BCUT2D eigenvalue weighted by atomic mass is 15.4. The Balaban J connectivity index is 1.65. The van der Waals surface area contributed by atoms with Gasteiger partial charge in [-0.2, -0.15) is 10.5 Å². The summed E-state index contributed by atoms with van der Waals surface area (Å²) >= 11 is 0. The van der Waals surface area contributed by atoms with Gasteiger partial charge >= 0.3 is 0 Å². The van der Waals surface area contributed by atoms with Gasteiger partial charge in [0, 0.05) is 22.8 Å². The standard InChI is InChI=1S/C30H24N4/c31-19-24(20-32)23-14-15-27-29(17-23)34-28(22-11-5-2-6-12-22)18-25(21-9-3-1-4-10-21)26-13-7-8-16-30(26,34)33-27/h1-6,9-12,14-15,17-18,25-26H,7-8,13,16H2/t25-,26+,30+/m1/s1. The SMILES string of the molecule is N#CC(C#N)=c1ccc2c(c1)N1C(c3ccccc3)=C[C@H](c3ccccc3)[C@@H]3CCCC[C@@]31N=2. The van der Waals surface area contributed by atoms with E-state index in [2.05, 4.69) is 65.6 Å². The van der Waals surface area contributed by atoms with Crippen LogP contribution in [0.2, 0.25) is 0 Å². The molecular weight excluding hydrogens is 416 g/mol. The molecule has 3 aliphatic rings. The third kappa shape index (κ3) is 3.00. The zero-order valence-corrected chi connectivity index (χ0v) is 18.9. The number of hydrogen-bond acceptors (Lipinski definition) is 4. The molecule has 1 aliphatic carbocycles. The van der Waals surface area contributed by atoms with E-state index in [1.54, 1.807) is 0 Å². The van der Waals surface area contributed by atoms with Crippen LogP contribution in [0.25, 0.3) is 11.3 Å². The first-order valence-electron chi connectivity index (χ1n) is 11.9. The molecule has 0 radical (unpaired) electrons. The Bertz CT molecular complexity index is 1480. The molecule has 0 unspecified atom stereocenters. The van der Waals surface area contributed by atoms with Crippen molar-refractivity contribution < 1.29 is 0 Å². The van der Waals surface area contributed by atoms with Crippen LogP contribution in [0.5, 0.6) is 0 Å². The van der Waals surface area contributed by atoms with Crippen molar-refractivity contribution in [1.29, 1.82) is 10.5 Å². The number of allylic oxidation sites excluding steroid dienone is 1. The van der Waals surface area contributed by atoms with Crippen LogP contribution in [0.3, 0.4) is 0 Å². The summed E-state index contributed by atoms with van der Waals surface area (Å²) in [5.41, 5.74) is 4.41. The monoisotopic (exact) mass is 440 g/mol. The van der Waals surface area contributed by atoms with Crippen molar-refractivity contribution in [2.75, 3.05) is 4.90 Å². The van der Waals surface area contributed by atoms with Gasteiger partial charge in [-0.1, -0.05) is 79.2 Å². The number of nitrogens with zero attached hydrogens (tertiary/aromatic N) is 4. The van der Waals surface area contributed by atoms with Crippen molar-refractivity contribution in [2.45, 2.75) is 37.3 Å². The summed E-state index contributed by atoms with van der Waals surface area (Å²) in [5, 5.41) is 20.6. The van der Waals surface area contributed by atoms with Crippen molar-refractivity contribution in [3.05, 3.63) is 107 Å². The van der Waals surface area contributed by atoms with E-state index >= 15 is 0 Å². The molecule has 1 spiro atoms. The summed E-state index contributed by atoms with van der Waals surface area (Å²) in [6.07, 6.45) is 6.87. The summed E-state index contributed by atoms with van der Waals surface area (Å²) in [6, 6.07) is 31.3. The molecule has 34 heavy (non-hydrogen) atoms. The first kappa shape index (κ1) is 20.5. The van der Waals surface area contributed by atoms with Crippen molar-refractivity contribution in [3.8, 4) is 12.1 Å². The van der Waals surface area contributed by atoms with Crippen LogP contribution in [-0.4, -0.2) is 5.66 Å². The lowest BCUT2D eigenvalue weighted by Crippen LogP contribution is -2.55. The van der Waals surface area contributed by atoms with E-state index in [1.807, 2.05) is 36.4 Å². The molecule has 0 N–H and O–H groups in total. The molecule has 0 aromatic heterocycles. The number of benzene rings is 3. The largest absolute Gasteiger partial charge is 0.314 e. The number of hydrogen-bond donors (Lipinski definition) is 0. The molecule has 2 aliphatic heterocycles. The second-order valence-electron chi connectivity index (χ2n) is 9.33. The smallest absolute Gasteiger partial charge is 0.140 e. The first-order chi connectivity index (χ1) is 16.7. The Morgan fingerprint density at radius 3 is 2.38 bits per heavy atom. The van der Waals surface area contributed by atoms with Gasteiger partial charge in [0.1, 0.15) is 23.4 Å². The summed E-state index contributed by atoms with van der Waals surface area (Å²) in [7, 11) is 0. The third-order valence-electron chi connectivity index (χ3n) is 7.60. The van der Waals surface area contributed by atoms with E-state index in [4.69, 9.17) is 4.99 Å². The molecule has 4 nitrogen and oxygen atoms in total. The summed E-state index contributed by atoms with van der Waals surface area (Å²) < 4.78 is 0. The van der Waals surface area contributed by atoms with E-state index in [0.29, 0.717) is 11.1 Å². The molecule has 0 amide bonds. The average Bonchev–Trinajstić information content (AvgIpc) is 3.22. The summed E-state index contributed by atoms with van der Waals surface area (Å²) in [4.78, 5) is 7.87. The topological polar surface area (TPSA) is 63.2 Å². The van der Waals surface area contributed by atoms with Crippen LogP contribution in [0.1, 0.15) is 42.7 Å². The Morgan fingerprint density at radius 2 is 1.65 bits per heavy atom. The molecule has 1 saturated carbocycles. The Labute approximate surface area is 199 Å². The molecule has 164 valence electrons. The van der Waals surface area contributed by atoms with Crippen molar-refractivity contribution in [3.63, 3.8) is 0 Å². The highest BCUT2D eigenvalue weighted by molar-refractivity contribution is 5.85. The van der Waals surface area contributed by atoms with Crippen LogP contribution in [0.4, 0.5) is 5.69 Å². The Kier molecular flexibility index (Phi) is 4.82. The van der Waals surface area contributed by atoms with Gasteiger partial charge in [0.05, 0.1) is 11.0 Å². The molecule has 2 heterocycles. The van der Waals surface area contributed by atoms with Gasteiger partial charge in [-0.05, 0) is 42.5 Å². The van der Waals surface area contributed by atoms with Crippen LogP contribution in [0, 0.1) is 28.6 Å². The normalized spacial score (nSPS) is 24.4. The van der Waals surface area contributed by atoms with E-state index in [1.165, 1.54) is 12.0 Å². The van der Waals surface area contributed by atoms with Gasteiger partial charge in [-0.3, -0.25) is 4.99 Å². The predicted molar refractivity (Wildman–Crippen MR) is 133 cm³/mol. The zero-order chi connectivity index (χ0) is 23.1. The molecule has 1 fully saturated rings. The molecule has 3 atom stereocenters. The third-order valence-corrected chi connectivity index (χ3v) is 7.60. The first-order valence-corrected chi connectivity index (χ1v) is 11.9. The number of fused-ring (bicyclic) bond motifs is 2. The molecule has 6 rings (SSSR count). The van der Waals surface area contributed by atoms with Crippen LogP contribution >= 0.6 is 0 Å². The number of rotatable bonds is 2. The van der Waals surface area contributed by atoms with E-state index in [9.17, 15) is 10.5 Å². The lowest BCUT2D eigenvalue weighted by molar-refractivity contribution is 0.176. The maximum Gasteiger partial charge on any atom is 0.140 e. The van der Waals surface area contributed by atoms with Gasteiger partial charge in [-0.15, -0.1) is 0 Å². The van der Waals surface area contributed by atoms with Gasteiger partial charge < -0.3 is 4.90 Å². The summed E-state index contributed by atoms with van der Waals surface area (Å²) in [6.45, 7) is 0. The maximum atomic E-state index is 9.48. The van der Waals surface area contributed by atoms with Crippen molar-refractivity contribution in [1.82, 2.24) is 0 Å². The Morgan fingerprint density at radius 1 is 0.912 bits per heavy atom. The number of nitriles is 2. The Hall–Kier alpha value is -4.15. The van der Waals surface area contributed by atoms with Crippen LogP contribution in [-0.2, 0) is 0 Å². The fourth-order valence-corrected chi connectivity index (χ4v) is 6.16. The van der Waals surface area contributed by atoms with Gasteiger partial charge in [0.15, 0.2) is 0 Å². The average molecular weight is 441 g/mol. The number of anilines is 1. The fourth-order valence-electron chi connectivity index (χ4n) is 6.16. The zero-order valence-electron chi connectivity index (χ0n) is 18.9. The lowest BCUT2D eigenvalue weighted by Gasteiger charge is -2.53.